The molecule has 4 heteroatoms. The lowest BCUT2D eigenvalue weighted by Gasteiger charge is -2.31. The highest BCUT2D eigenvalue weighted by Gasteiger charge is 2.26. The highest BCUT2D eigenvalue weighted by Crippen LogP contribution is 2.20. The van der Waals surface area contributed by atoms with E-state index >= 15 is 0 Å². The zero-order chi connectivity index (χ0) is 8.91. The maximum absolute atomic E-state index is 9.04. The quantitative estimate of drug-likeness (QED) is 0.574. The monoisotopic (exact) mass is 179 g/mol. The fraction of sp³-hybridized carbons (Fsp3) is 1.00. The van der Waals surface area contributed by atoms with E-state index in [1.165, 1.54) is 0 Å². The molecule has 4 nitrogen and oxygen atoms in total. The Morgan fingerprint density at radius 1 is 1.17 bits per heavy atom. The van der Waals surface area contributed by atoms with Crippen molar-refractivity contribution < 1.29 is 15.7 Å². The number of aliphatic hydroxyl groups is 2. The molecule has 0 aliphatic rings. The zero-order valence-electron chi connectivity index (χ0n) is 8.17. The molecule has 0 aromatic rings. The molecule has 0 saturated heterocycles. The Hall–Kier alpha value is -0.160. The van der Waals surface area contributed by atoms with Crippen molar-refractivity contribution in [3.05, 3.63) is 0 Å². The van der Waals surface area contributed by atoms with Crippen molar-refractivity contribution in [2.24, 2.45) is 5.41 Å². The van der Waals surface area contributed by atoms with Gasteiger partial charge in [0.1, 0.15) is 0 Å². The Labute approximate surface area is 74.1 Å². The fourth-order valence-electron chi connectivity index (χ4n) is 1.16. The molecule has 0 radical (unpaired) electrons. The summed E-state index contributed by atoms with van der Waals surface area (Å²) in [4.78, 5) is 1.98. The van der Waals surface area contributed by atoms with Crippen LogP contribution in [0.2, 0.25) is 0 Å². The summed E-state index contributed by atoms with van der Waals surface area (Å²) < 4.78 is 0. The first-order chi connectivity index (χ1) is 5.10. The lowest BCUT2D eigenvalue weighted by molar-refractivity contribution is 0.0298. The first-order valence-corrected chi connectivity index (χ1v) is 3.96. The average molecular weight is 179 g/mol. The second kappa shape index (κ2) is 6.37. The smallest absolute Gasteiger partial charge is 0.0521 e. The maximum atomic E-state index is 9.04. The maximum Gasteiger partial charge on any atom is 0.0521 e. The molecule has 0 bridgehead atoms. The first kappa shape index (κ1) is 14.4. The minimum absolute atomic E-state index is 0. The van der Waals surface area contributed by atoms with Gasteiger partial charge < -0.3 is 20.6 Å². The average Bonchev–Trinajstić information content (AvgIpc) is 2.00. The van der Waals surface area contributed by atoms with Gasteiger partial charge in [-0.3, -0.25) is 0 Å². The van der Waals surface area contributed by atoms with E-state index in [1.807, 2.05) is 25.9 Å². The molecule has 0 aromatic carbocycles. The number of rotatable bonds is 5. The van der Waals surface area contributed by atoms with E-state index < -0.39 is 0 Å². The van der Waals surface area contributed by atoms with Gasteiger partial charge in [0, 0.05) is 12.0 Å². The second-order valence-electron chi connectivity index (χ2n) is 3.41. The van der Waals surface area contributed by atoms with Crippen LogP contribution < -0.4 is 0 Å². The number of aliphatic hydroxyl groups excluding tert-OH is 2. The molecule has 0 aromatic heterocycles. The summed E-state index contributed by atoms with van der Waals surface area (Å²) >= 11 is 0. The minimum atomic E-state index is -0.316. The Morgan fingerprint density at radius 3 is 1.67 bits per heavy atom. The van der Waals surface area contributed by atoms with Crippen molar-refractivity contribution >= 4 is 0 Å². The Balaban J connectivity index is 0. The molecular weight excluding hydrogens is 158 g/mol. The van der Waals surface area contributed by atoms with E-state index in [0.29, 0.717) is 0 Å². The molecule has 0 saturated carbocycles. The van der Waals surface area contributed by atoms with E-state index in [4.69, 9.17) is 10.2 Å². The van der Waals surface area contributed by atoms with Crippen LogP contribution in [0, 0.1) is 5.41 Å². The van der Waals surface area contributed by atoms with Gasteiger partial charge in [0.2, 0.25) is 0 Å². The molecular formula is C8H21NO3. The van der Waals surface area contributed by atoms with Crippen LogP contribution in [0.25, 0.3) is 0 Å². The molecule has 0 fully saturated rings. The van der Waals surface area contributed by atoms with Gasteiger partial charge in [-0.2, -0.15) is 0 Å². The highest BCUT2D eigenvalue weighted by molar-refractivity contribution is 4.78. The molecule has 0 spiro atoms. The molecule has 0 atom stereocenters. The molecule has 0 unspecified atom stereocenters. The van der Waals surface area contributed by atoms with E-state index in [0.717, 1.165) is 13.0 Å². The van der Waals surface area contributed by atoms with Crippen molar-refractivity contribution in [2.75, 3.05) is 33.9 Å². The molecule has 12 heavy (non-hydrogen) atoms. The lowest BCUT2D eigenvalue weighted by Crippen LogP contribution is -2.39. The van der Waals surface area contributed by atoms with E-state index in [1.54, 1.807) is 0 Å². The number of hydrogen-bond acceptors (Lipinski definition) is 3. The van der Waals surface area contributed by atoms with Gasteiger partial charge in [-0.25, -0.2) is 0 Å². The molecule has 0 aliphatic heterocycles. The third kappa shape index (κ3) is 4.01. The van der Waals surface area contributed by atoms with Gasteiger partial charge >= 0.3 is 0 Å². The van der Waals surface area contributed by atoms with Gasteiger partial charge in [-0.15, -0.1) is 0 Å². The Kier molecular flexibility index (Phi) is 7.62. The topological polar surface area (TPSA) is 75.2 Å². The van der Waals surface area contributed by atoms with Crippen molar-refractivity contribution in [1.82, 2.24) is 4.90 Å². The zero-order valence-corrected chi connectivity index (χ0v) is 8.17. The van der Waals surface area contributed by atoms with Gasteiger partial charge in [-0.1, -0.05) is 6.92 Å². The van der Waals surface area contributed by atoms with E-state index in [-0.39, 0.29) is 24.1 Å². The number of hydrogen-bond donors (Lipinski definition) is 2. The highest BCUT2D eigenvalue weighted by atomic mass is 16.3. The van der Waals surface area contributed by atoms with Crippen LogP contribution >= 0.6 is 0 Å². The molecule has 0 amide bonds. The molecule has 4 N–H and O–H groups in total. The van der Waals surface area contributed by atoms with Crippen molar-refractivity contribution in [3.8, 4) is 0 Å². The van der Waals surface area contributed by atoms with Crippen LogP contribution in [0.4, 0.5) is 0 Å². The fourth-order valence-corrected chi connectivity index (χ4v) is 1.16. The summed E-state index contributed by atoms with van der Waals surface area (Å²) in [6.07, 6.45) is 0.804. The van der Waals surface area contributed by atoms with Gasteiger partial charge in [0.15, 0.2) is 0 Å². The Morgan fingerprint density at radius 2 is 1.58 bits per heavy atom. The van der Waals surface area contributed by atoms with Crippen LogP contribution in [0.5, 0.6) is 0 Å². The predicted octanol–water partition coefficient (Wildman–Crippen LogP) is -0.896. The molecule has 76 valence electrons. The van der Waals surface area contributed by atoms with Gasteiger partial charge in [0.25, 0.3) is 0 Å². The summed E-state index contributed by atoms with van der Waals surface area (Å²) in [6.45, 7) is 2.82. The lowest BCUT2D eigenvalue weighted by atomic mass is 9.87. The summed E-state index contributed by atoms with van der Waals surface area (Å²) in [5.74, 6) is 0. The third-order valence-corrected chi connectivity index (χ3v) is 2.07. The van der Waals surface area contributed by atoms with Crippen molar-refractivity contribution in [1.29, 1.82) is 0 Å². The van der Waals surface area contributed by atoms with Gasteiger partial charge in [-0.05, 0) is 20.5 Å². The second-order valence-corrected chi connectivity index (χ2v) is 3.41. The first-order valence-electron chi connectivity index (χ1n) is 3.96. The van der Waals surface area contributed by atoms with Gasteiger partial charge in [0.05, 0.1) is 13.2 Å². The summed E-state index contributed by atoms with van der Waals surface area (Å²) in [6, 6.07) is 0. The predicted molar refractivity (Wildman–Crippen MR) is 49.1 cm³/mol. The Bertz CT molecular complexity index is 94.2. The SMILES string of the molecule is CCC(CO)(CO)CN(C)C.O. The largest absolute Gasteiger partial charge is 0.412 e. The standard InChI is InChI=1S/C8H19NO2.H2O/c1-4-8(6-10,7-11)5-9(2)3;/h10-11H,4-7H2,1-3H3;1H2. The van der Waals surface area contributed by atoms with Crippen LogP contribution in [-0.2, 0) is 0 Å². The van der Waals surface area contributed by atoms with Crippen LogP contribution in [0.3, 0.4) is 0 Å². The van der Waals surface area contributed by atoms with Crippen molar-refractivity contribution in [3.63, 3.8) is 0 Å². The van der Waals surface area contributed by atoms with E-state index in [9.17, 15) is 0 Å². The van der Waals surface area contributed by atoms with Crippen molar-refractivity contribution in [2.45, 2.75) is 13.3 Å². The summed E-state index contributed by atoms with van der Waals surface area (Å²) in [7, 11) is 3.88. The van der Waals surface area contributed by atoms with Crippen LogP contribution in [0.15, 0.2) is 0 Å². The third-order valence-electron chi connectivity index (χ3n) is 2.07. The minimum Gasteiger partial charge on any atom is -0.412 e. The summed E-state index contributed by atoms with van der Waals surface area (Å²) in [5.41, 5.74) is -0.316. The normalized spacial score (nSPS) is 11.5. The number of nitrogens with zero attached hydrogens (tertiary/aromatic N) is 1. The molecule has 0 aliphatic carbocycles. The van der Waals surface area contributed by atoms with Crippen LogP contribution in [0.1, 0.15) is 13.3 Å². The summed E-state index contributed by atoms with van der Waals surface area (Å²) in [5, 5.41) is 18.1. The van der Waals surface area contributed by atoms with Crippen LogP contribution in [-0.4, -0.2) is 54.4 Å². The molecule has 0 rings (SSSR count). The molecule has 0 heterocycles. The van der Waals surface area contributed by atoms with E-state index in [2.05, 4.69) is 0 Å².